The molecule has 9 nitrogen and oxygen atoms in total. The van der Waals surface area contributed by atoms with Crippen LogP contribution in [-0.2, 0) is 6.42 Å². The van der Waals surface area contributed by atoms with Gasteiger partial charge >= 0.3 is 0 Å². The van der Waals surface area contributed by atoms with E-state index in [0.29, 0.717) is 5.95 Å². The summed E-state index contributed by atoms with van der Waals surface area (Å²) in [4.78, 5) is 16.0. The molecule has 0 amide bonds. The van der Waals surface area contributed by atoms with Gasteiger partial charge in [-0.05, 0) is 38.8 Å². The number of aromatic nitrogens is 6. The predicted octanol–water partition coefficient (Wildman–Crippen LogP) is 4.12. The molecule has 5 heterocycles. The summed E-state index contributed by atoms with van der Waals surface area (Å²) in [7, 11) is 0. The van der Waals surface area contributed by atoms with Gasteiger partial charge in [0.15, 0.2) is 11.6 Å². The molecule has 4 aromatic rings. The smallest absolute Gasteiger partial charge is 0.228 e. The fourth-order valence-corrected chi connectivity index (χ4v) is 3.72. The number of aromatic amines is 1. The van der Waals surface area contributed by atoms with Crippen molar-refractivity contribution in [3.63, 3.8) is 0 Å². The van der Waals surface area contributed by atoms with E-state index in [4.69, 9.17) is 14.5 Å². The summed E-state index contributed by atoms with van der Waals surface area (Å²) in [6.45, 7) is 6.88. The maximum atomic E-state index is 5.71. The molecule has 0 radical (unpaired) electrons. The van der Waals surface area contributed by atoms with Crippen LogP contribution >= 0.6 is 0 Å². The lowest BCUT2D eigenvalue weighted by atomic mass is 10.00. The van der Waals surface area contributed by atoms with Crippen molar-refractivity contribution in [2.24, 2.45) is 0 Å². The molecule has 0 unspecified atom stereocenters. The number of hydrogen-bond acceptors (Lipinski definition) is 8. The van der Waals surface area contributed by atoms with Crippen LogP contribution in [0.15, 0.2) is 41.1 Å². The highest BCUT2D eigenvalue weighted by molar-refractivity contribution is 5.62. The average Bonchev–Trinajstić information content (AvgIpc) is 3.36. The Morgan fingerprint density at radius 1 is 1.19 bits per heavy atom. The second-order valence-corrected chi connectivity index (χ2v) is 7.71. The van der Waals surface area contributed by atoms with Gasteiger partial charge in [-0.2, -0.15) is 10.1 Å². The minimum Gasteiger partial charge on any atom is -0.359 e. The lowest BCUT2D eigenvalue weighted by Gasteiger charge is -2.39. The molecule has 0 aromatic carbocycles. The molecule has 1 saturated heterocycles. The Morgan fingerprint density at radius 3 is 2.81 bits per heavy atom. The van der Waals surface area contributed by atoms with Crippen molar-refractivity contribution in [3.05, 3.63) is 59.4 Å². The molecule has 9 heteroatoms. The number of anilines is 3. The third-order valence-electron chi connectivity index (χ3n) is 5.51. The molecule has 1 atom stereocenters. The number of rotatable bonds is 6. The topological polar surface area (TPSA) is 109 Å². The van der Waals surface area contributed by atoms with E-state index in [2.05, 4.69) is 37.5 Å². The fraction of sp³-hybridized carbons (Fsp3) is 0.318. The quantitative estimate of drug-likeness (QED) is 0.483. The second kappa shape index (κ2) is 7.82. The molecule has 1 fully saturated rings. The largest absolute Gasteiger partial charge is 0.359 e. The molecule has 0 aliphatic carbocycles. The summed E-state index contributed by atoms with van der Waals surface area (Å²) in [6, 6.07) is 9.87. The van der Waals surface area contributed by atoms with Crippen molar-refractivity contribution in [2.45, 2.75) is 39.7 Å². The normalized spacial score (nSPS) is 15.7. The Morgan fingerprint density at radius 2 is 2.10 bits per heavy atom. The first-order valence-electron chi connectivity index (χ1n) is 10.4. The average molecular weight is 416 g/mol. The maximum Gasteiger partial charge on any atom is 0.228 e. The summed E-state index contributed by atoms with van der Waals surface area (Å²) in [5.74, 6) is 2.95. The van der Waals surface area contributed by atoms with E-state index < -0.39 is 0 Å². The van der Waals surface area contributed by atoms with Crippen molar-refractivity contribution in [1.82, 2.24) is 30.3 Å². The SMILES string of the molecule is CCc1cc(Nc2cc(C)[nH]n2)nc(N2CC[C@H]2c2cc(-c3cccnc3C)no2)n1. The van der Waals surface area contributed by atoms with Crippen LogP contribution < -0.4 is 10.2 Å². The molecule has 0 saturated carbocycles. The Balaban J connectivity index is 1.41. The molecular weight excluding hydrogens is 392 g/mol. The van der Waals surface area contributed by atoms with Gasteiger partial charge in [0.25, 0.3) is 0 Å². The molecule has 1 aliphatic heterocycles. The number of nitrogens with one attached hydrogen (secondary N) is 2. The van der Waals surface area contributed by atoms with E-state index in [1.807, 2.05) is 44.2 Å². The first kappa shape index (κ1) is 19.2. The third kappa shape index (κ3) is 3.74. The first-order chi connectivity index (χ1) is 15.1. The van der Waals surface area contributed by atoms with Gasteiger partial charge < -0.3 is 14.7 Å². The van der Waals surface area contributed by atoms with Gasteiger partial charge in [-0.25, -0.2) is 4.98 Å². The molecule has 1 aliphatic rings. The number of hydrogen-bond donors (Lipinski definition) is 2. The molecule has 5 rings (SSSR count). The minimum atomic E-state index is 0.0609. The van der Waals surface area contributed by atoms with Crippen LogP contribution in [0.3, 0.4) is 0 Å². The predicted molar refractivity (Wildman–Crippen MR) is 117 cm³/mol. The second-order valence-electron chi connectivity index (χ2n) is 7.71. The van der Waals surface area contributed by atoms with E-state index >= 15 is 0 Å². The lowest BCUT2D eigenvalue weighted by molar-refractivity contribution is 0.315. The van der Waals surface area contributed by atoms with Crippen LogP contribution in [0.25, 0.3) is 11.3 Å². The van der Waals surface area contributed by atoms with E-state index in [1.54, 1.807) is 6.20 Å². The molecule has 2 N–H and O–H groups in total. The fourth-order valence-electron chi connectivity index (χ4n) is 3.72. The van der Waals surface area contributed by atoms with Gasteiger partial charge in [0.2, 0.25) is 5.95 Å². The van der Waals surface area contributed by atoms with Gasteiger partial charge in [-0.3, -0.25) is 10.1 Å². The highest BCUT2D eigenvalue weighted by Gasteiger charge is 2.35. The lowest BCUT2D eigenvalue weighted by Crippen LogP contribution is -2.42. The van der Waals surface area contributed by atoms with Crippen LogP contribution in [0.4, 0.5) is 17.6 Å². The summed E-state index contributed by atoms with van der Waals surface area (Å²) < 4.78 is 5.71. The van der Waals surface area contributed by atoms with Crippen LogP contribution in [0, 0.1) is 13.8 Å². The highest BCUT2D eigenvalue weighted by atomic mass is 16.5. The van der Waals surface area contributed by atoms with Gasteiger partial charge in [0.05, 0.1) is 6.04 Å². The summed E-state index contributed by atoms with van der Waals surface area (Å²) in [5, 5.41) is 14.7. The molecule has 0 spiro atoms. The Labute approximate surface area is 179 Å². The number of aryl methyl sites for hydroxylation is 3. The van der Waals surface area contributed by atoms with Gasteiger partial charge in [0, 0.05) is 53.6 Å². The van der Waals surface area contributed by atoms with Crippen LogP contribution in [0.1, 0.15) is 42.2 Å². The zero-order chi connectivity index (χ0) is 21.4. The van der Waals surface area contributed by atoms with Crippen LogP contribution in [0.2, 0.25) is 0 Å². The van der Waals surface area contributed by atoms with E-state index in [0.717, 1.165) is 65.1 Å². The number of pyridine rings is 1. The van der Waals surface area contributed by atoms with Crippen molar-refractivity contribution >= 4 is 17.6 Å². The standard InChI is InChI=1S/C22H24N8O/c1-4-15-11-20(25-21-10-13(2)27-28-21)26-22(24-15)30-9-7-18(30)19-12-17(29-31-19)16-6-5-8-23-14(16)3/h5-6,8,10-12,18H,4,7,9H2,1-3H3,(H2,24,25,26,27,28)/t18-/m0/s1. The maximum absolute atomic E-state index is 5.71. The molecule has 4 aromatic heterocycles. The zero-order valence-corrected chi connectivity index (χ0v) is 17.8. The molecular formula is C22H24N8O. The first-order valence-corrected chi connectivity index (χ1v) is 10.4. The molecule has 0 bridgehead atoms. The Bertz CT molecular complexity index is 1210. The van der Waals surface area contributed by atoms with Crippen molar-refractivity contribution in [1.29, 1.82) is 0 Å². The minimum absolute atomic E-state index is 0.0609. The van der Waals surface area contributed by atoms with Gasteiger partial charge in [-0.1, -0.05) is 12.1 Å². The third-order valence-corrected chi connectivity index (χ3v) is 5.51. The van der Waals surface area contributed by atoms with Crippen LogP contribution in [-0.4, -0.2) is 36.9 Å². The van der Waals surface area contributed by atoms with Gasteiger partial charge in [0.1, 0.15) is 11.5 Å². The van der Waals surface area contributed by atoms with E-state index in [9.17, 15) is 0 Å². The zero-order valence-electron chi connectivity index (χ0n) is 17.8. The monoisotopic (exact) mass is 416 g/mol. The van der Waals surface area contributed by atoms with E-state index in [1.165, 1.54) is 0 Å². The Hall–Kier alpha value is -3.75. The van der Waals surface area contributed by atoms with E-state index in [-0.39, 0.29) is 6.04 Å². The van der Waals surface area contributed by atoms with Crippen molar-refractivity contribution in [2.75, 3.05) is 16.8 Å². The number of H-pyrrole nitrogens is 1. The molecule has 31 heavy (non-hydrogen) atoms. The summed E-state index contributed by atoms with van der Waals surface area (Å²) >= 11 is 0. The summed E-state index contributed by atoms with van der Waals surface area (Å²) in [5.41, 5.74) is 4.66. The summed E-state index contributed by atoms with van der Waals surface area (Å²) in [6.07, 6.45) is 3.55. The van der Waals surface area contributed by atoms with Crippen molar-refractivity contribution < 1.29 is 4.52 Å². The molecule has 158 valence electrons. The number of nitrogens with zero attached hydrogens (tertiary/aromatic N) is 6. The van der Waals surface area contributed by atoms with Crippen LogP contribution in [0.5, 0.6) is 0 Å². The van der Waals surface area contributed by atoms with Crippen molar-refractivity contribution in [3.8, 4) is 11.3 Å². The highest BCUT2D eigenvalue weighted by Crippen LogP contribution is 2.38. The van der Waals surface area contributed by atoms with Gasteiger partial charge in [-0.15, -0.1) is 0 Å². The Kier molecular flexibility index (Phi) is 4.85.